The maximum Gasteiger partial charge on any atom is 0.193 e. The van der Waals surface area contributed by atoms with E-state index in [1.54, 1.807) is 11.3 Å². The van der Waals surface area contributed by atoms with Gasteiger partial charge in [0.25, 0.3) is 0 Å². The highest BCUT2D eigenvalue weighted by atomic mass is 32.1. The molecule has 4 nitrogen and oxygen atoms in total. The van der Waals surface area contributed by atoms with Gasteiger partial charge in [0.05, 0.1) is 0 Å². The molecule has 2 aromatic heterocycles. The van der Waals surface area contributed by atoms with Crippen LogP contribution < -0.4 is 0 Å². The van der Waals surface area contributed by atoms with Crippen molar-refractivity contribution in [1.82, 2.24) is 19.4 Å². The fourth-order valence-corrected chi connectivity index (χ4v) is 4.15. The minimum Gasteiger partial charge on any atom is -0.298 e. The summed E-state index contributed by atoms with van der Waals surface area (Å²) in [6.07, 6.45) is 6.76. The first-order chi connectivity index (χ1) is 9.90. The van der Waals surface area contributed by atoms with E-state index in [9.17, 15) is 0 Å². The average molecular weight is 288 g/mol. The molecule has 0 aromatic carbocycles. The van der Waals surface area contributed by atoms with Crippen molar-refractivity contribution in [3.05, 3.63) is 35.6 Å². The maximum atomic E-state index is 4.42. The Labute approximate surface area is 123 Å². The van der Waals surface area contributed by atoms with E-state index in [-0.39, 0.29) is 0 Å². The molecule has 2 aromatic rings. The minimum absolute atomic E-state index is 0.798. The highest BCUT2D eigenvalue weighted by Crippen LogP contribution is 2.23. The van der Waals surface area contributed by atoms with Gasteiger partial charge < -0.3 is 0 Å². The molecule has 4 rings (SSSR count). The Morgan fingerprint density at radius 2 is 2.30 bits per heavy atom. The molecule has 2 fully saturated rings. The first kappa shape index (κ1) is 12.6. The van der Waals surface area contributed by atoms with Gasteiger partial charge in [-0.05, 0) is 31.5 Å². The highest BCUT2D eigenvalue weighted by molar-refractivity contribution is 7.12. The molecule has 5 heteroatoms. The van der Waals surface area contributed by atoms with Crippen LogP contribution in [-0.4, -0.2) is 51.6 Å². The Bertz CT molecular complexity index is 562. The van der Waals surface area contributed by atoms with Crippen LogP contribution in [0.4, 0.5) is 0 Å². The summed E-state index contributed by atoms with van der Waals surface area (Å²) in [4.78, 5) is 9.69. The molecule has 2 aliphatic heterocycles. The summed E-state index contributed by atoms with van der Waals surface area (Å²) in [5, 5.41) is 3.11. The fraction of sp³-hybridized carbons (Fsp3) is 0.533. The molecular weight excluding hydrogens is 268 g/mol. The predicted octanol–water partition coefficient (Wildman–Crippen LogP) is 2.21. The van der Waals surface area contributed by atoms with Crippen LogP contribution in [0.15, 0.2) is 29.9 Å². The van der Waals surface area contributed by atoms with E-state index in [2.05, 4.69) is 37.7 Å². The molecule has 0 amide bonds. The Morgan fingerprint density at radius 1 is 1.30 bits per heavy atom. The Hall–Kier alpha value is -1.17. The van der Waals surface area contributed by atoms with E-state index in [4.69, 9.17) is 0 Å². The summed E-state index contributed by atoms with van der Waals surface area (Å²) < 4.78 is 2.23. The van der Waals surface area contributed by atoms with Crippen LogP contribution in [0.25, 0.3) is 5.13 Å². The van der Waals surface area contributed by atoms with E-state index >= 15 is 0 Å². The monoisotopic (exact) mass is 288 g/mol. The fourth-order valence-electron chi connectivity index (χ4n) is 3.49. The van der Waals surface area contributed by atoms with Crippen molar-refractivity contribution in [3.8, 4) is 5.13 Å². The van der Waals surface area contributed by atoms with Gasteiger partial charge in [-0.15, -0.1) is 11.3 Å². The minimum atomic E-state index is 0.798. The van der Waals surface area contributed by atoms with Crippen molar-refractivity contribution in [2.24, 2.45) is 0 Å². The molecule has 0 aliphatic carbocycles. The number of hydrogen-bond acceptors (Lipinski definition) is 4. The largest absolute Gasteiger partial charge is 0.298 e. The van der Waals surface area contributed by atoms with Crippen LogP contribution >= 0.6 is 11.3 Å². The molecule has 0 radical (unpaired) electrons. The van der Waals surface area contributed by atoms with Gasteiger partial charge in [0.2, 0.25) is 0 Å². The third kappa shape index (κ3) is 2.30. The summed E-state index contributed by atoms with van der Waals surface area (Å²) >= 11 is 1.70. The molecule has 106 valence electrons. The summed E-state index contributed by atoms with van der Waals surface area (Å²) in [6, 6.07) is 5.15. The van der Waals surface area contributed by atoms with Gasteiger partial charge in [0, 0.05) is 55.7 Å². The van der Waals surface area contributed by atoms with E-state index in [0.717, 1.165) is 17.7 Å². The van der Waals surface area contributed by atoms with Gasteiger partial charge in [-0.3, -0.25) is 14.4 Å². The zero-order valence-electron chi connectivity index (χ0n) is 11.6. The quantitative estimate of drug-likeness (QED) is 0.865. The van der Waals surface area contributed by atoms with Gasteiger partial charge in [-0.2, -0.15) is 0 Å². The van der Waals surface area contributed by atoms with Gasteiger partial charge in [0.15, 0.2) is 5.13 Å². The van der Waals surface area contributed by atoms with Crippen molar-refractivity contribution in [2.45, 2.75) is 25.4 Å². The standard InChI is InChI=1S/C15H20N4S/c1-3-13-11-17(8-9-18(13)6-1)12-14-4-2-7-19(14)15-16-5-10-20-15/h2,4-5,7,10,13H,1,3,6,8-9,11-12H2/t13-/m0/s1. The van der Waals surface area contributed by atoms with Crippen LogP contribution in [-0.2, 0) is 6.54 Å². The summed E-state index contributed by atoms with van der Waals surface area (Å²) in [7, 11) is 0. The lowest BCUT2D eigenvalue weighted by Gasteiger charge is -2.37. The van der Waals surface area contributed by atoms with Crippen LogP contribution in [0.3, 0.4) is 0 Å². The topological polar surface area (TPSA) is 24.3 Å². The number of fused-ring (bicyclic) bond motifs is 1. The molecule has 2 saturated heterocycles. The second-order valence-electron chi connectivity index (χ2n) is 5.75. The third-order valence-corrected chi connectivity index (χ3v) is 5.29. The van der Waals surface area contributed by atoms with E-state index in [1.165, 1.54) is 44.7 Å². The van der Waals surface area contributed by atoms with Crippen LogP contribution in [0.1, 0.15) is 18.5 Å². The van der Waals surface area contributed by atoms with Crippen molar-refractivity contribution in [3.63, 3.8) is 0 Å². The maximum absolute atomic E-state index is 4.42. The van der Waals surface area contributed by atoms with Gasteiger partial charge in [-0.25, -0.2) is 4.98 Å². The van der Waals surface area contributed by atoms with Gasteiger partial charge >= 0.3 is 0 Å². The van der Waals surface area contributed by atoms with Crippen molar-refractivity contribution < 1.29 is 0 Å². The van der Waals surface area contributed by atoms with Gasteiger partial charge in [-0.1, -0.05) is 0 Å². The van der Waals surface area contributed by atoms with Crippen molar-refractivity contribution in [1.29, 1.82) is 0 Å². The number of thiazole rings is 1. The number of nitrogens with zero attached hydrogens (tertiary/aromatic N) is 4. The van der Waals surface area contributed by atoms with E-state index < -0.39 is 0 Å². The SMILES string of the molecule is c1cc(CN2CCN3CCC[C@H]3C2)n(-c2nccs2)c1. The van der Waals surface area contributed by atoms with Crippen LogP contribution in [0.2, 0.25) is 0 Å². The second-order valence-corrected chi connectivity index (χ2v) is 6.62. The molecular formula is C15H20N4S. The summed E-state index contributed by atoms with van der Waals surface area (Å²) in [6.45, 7) is 6.01. The molecule has 20 heavy (non-hydrogen) atoms. The Balaban J connectivity index is 1.48. The first-order valence-corrected chi connectivity index (χ1v) is 8.30. The van der Waals surface area contributed by atoms with Crippen molar-refractivity contribution >= 4 is 11.3 Å². The van der Waals surface area contributed by atoms with E-state index in [0.29, 0.717) is 0 Å². The second kappa shape index (κ2) is 5.31. The smallest absolute Gasteiger partial charge is 0.193 e. The van der Waals surface area contributed by atoms with Crippen molar-refractivity contribution in [2.75, 3.05) is 26.2 Å². The normalized spacial score (nSPS) is 24.1. The van der Waals surface area contributed by atoms with E-state index in [1.807, 2.05) is 11.6 Å². The zero-order chi connectivity index (χ0) is 13.4. The lowest BCUT2D eigenvalue weighted by Crippen LogP contribution is -2.49. The lowest BCUT2D eigenvalue weighted by atomic mass is 10.1. The molecule has 0 saturated carbocycles. The zero-order valence-corrected chi connectivity index (χ0v) is 12.4. The number of hydrogen-bond donors (Lipinski definition) is 0. The number of aromatic nitrogens is 2. The predicted molar refractivity (Wildman–Crippen MR) is 81.3 cm³/mol. The Kier molecular flexibility index (Phi) is 3.34. The van der Waals surface area contributed by atoms with Crippen LogP contribution in [0.5, 0.6) is 0 Å². The number of piperazine rings is 1. The summed E-state index contributed by atoms with van der Waals surface area (Å²) in [5.74, 6) is 0. The number of rotatable bonds is 3. The highest BCUT2D eigenvalue weighted by Gasteiger charge is 2.30. The molecule has 2 aliphatic rings. The molecule has 0 unspecified atom stereocenters. The van der Waals surface area contributed by atoms with Gasteiger partial charge in [0.1, 0.15) is 0 Å². The molecule has 0 bridgehead atoms. The molecule has 4 heterocycles. The van der Waals surface area contributed by atoms with Crippen LogP contribution in [0, 0.1) is 0 Å². The Morgan fingerprint density at radius 3 is 3.20 bits per heavy atom. The molecule has 0 spiro atoms. The lowest BCUT2D eigenvalue weighted by molar-refractivity contribution is 0.0981. The first-order valence-electron chi connectivity index (χ1n) is 7.43. The average Bonchev–Trinajstić information content (AvgIpc) is 3.19. The molecule has 0 N–H and O–H groups in total. The molecule has 1 atom stereocenters. The summed E-state index contributed by atoms with van der Waals surface area (Å²) in [5.41, 5.74) is 1.35. The third-order valence-electron chi connectivity index (χ3n) is 4.52.